The summed E-state index contributed by atoms with van der Waals surface area (Å²) in [4.78, 5) is 16.1. The number of hydrogen-bond acceptors (Lipinski definition) is 4. The lowest BCUT2D eigenvalue weighted by Gasteiger charge is -2.18. The van der Waals surface area contributed by atoms with Gasteiger partial charge in [0.1, 0.15) is 12.0 Å². The van der Waals surface area contributed by atoms with Crippen LogP contribution in [0, 0.1) is 10.1 Å². The van der Waals surface area contributed by atoms with E-state index in [-0.39, 0.29) is 5.69 Å². The molecule has 0 aliphatic rings. The van der Waals surface area contributed by atoms with Crippen LogP contribution in [-0.4, -0.2) is 17.0 Å². The third-order valence-electron chi connectivity index (χ3n) is 2.70. The Hall–Kier alpha value is -1.95. The summed E-state index contributed by atoms with van der Waals surface area (Å²) < 4.78 is 1.03. The normalized spacial score (nSPS) is 10.2. The number of rotatable bonds is 4. The highest BCUT2D eigenvalue weighted by Crippen LogP contribution is 2.20. The van der Waals surface area contributed by atoms with Gasteiger partial charge in [0.25, 0.3) is 5.69 Å². The SMILES string of the molecule is CN(Cc1ccccc1Br)c1ccc([N+](=O)[O-])cn1. The molecule has 1 heterocycles. The maximum Gasteiger partial charge on any atom is 0.287 e. The molecule has 0 fully saturated rings. The van der Waals surface area contributed by atoms with E-state index in [1.165, 1.54) is 12.3 Å². The first-order valence-electron chi connectivity index (χ1n) is 5.63. The second-order valence-corrected chi connectivity index (χ2v) is 4.93. The molecule has 2 rings (SSSR count). The summed E-state index contributed by atoms with van der Waals surface area (Å²) >= 11 is 3.49. The molecule has 1 aromatic heterocycles. The van der Waals surface area contributed by atoms with Crippen LogP contribution in [0.4, 0.5) is 11.5 Å². The molecule has 0 atom stereocenters. The molecule has 0 saturated carbocycles. The molecule has 2 aromatic rings. The Balaban J connectivity index is 2.14. The highest BCUT2D eigenvalue weighted by Gasteiger charge is 2.09. The second kappa shape index (κ2) is 5.79. The molecule has 6 heteroatoms. The monoisotopic (exact) mass is 321 g/mol. The third kappa shape index (κ3) is 3.29. The Kier molecular flexibility index (Phi) is 4.11. The Bertz CT molecular complexity index is 587. The van der Waals surface area contributed by atoms with E-state index >= 15 is 0 Å². The standard InChI is InChI=1S/C13H12BrN3O2/c1-16(9-10-4-2-3-5-12(10)14)13-7-6-11(8-15-13)17(18)19/h2-8H,9H2,1H3. The molecular weight excluding hydrogens is 310 g/mol. The molecule has 0 spiro atoms. The van der Waals surface area contributed by atoms with Gasteiger partial charge in [-0.15, -0.1) is 0 Å². The van der Waals surface area contributed by atoms with Crippen molar-refractivity contribution < 1.29 is 4.92 Å². The summed E-state index contributed by atoms with van der Waals surface area (Å²) in [6, 6.07) is 11.0. The predicted octanol–water partition coefficient (Wildman–Crippen LogP) is 3.39. The number of halogens is 1. The Labute approximate surface area is 119 Å². The van der Waals surface area contributed by atoms with Gasteiger partial charge >= 0.3 is 0 Å². The van der Waals surface area contributed by atoms with Crippen LogP contribution < -0.4 is 4.90 Å². The fourth-order valence-electron chi connectivity index (χ4n) is 1.68. The molecule has 98 valence electrons. The summed E-state index contributed by atoms with van der Waals surface area (Å²) in [6.45, 7) is 0.673. The summed E-state index contributed by atoms with van der Waals surface area (Å²) in [6.07, 6.45) is 1.27. The first-order valence-corrected chi connectivity index (χ1v) is 6.42. The van der Waals surface area contributed by atoms with E-state index < -0.39 is 4.92 Å². The van der Waals surface area contributed by atoms with E-state index in [0.717, 1.165) is 10.0 Å². The molecule has 0 aliphatic heterocycles. The lowest BCUT2D eigenvalue weighted by molar-refractivity contribution is -0.385. The van der Waals surface area contributed by atoms with Crippen molar-refractivity contribution in [2.24, 2.45) is 0 Å². The molecule has 0 saturated heterocycles. The van der Waals surface area contributed by atoms with Crippen molar-refractivity contribution in [1.82, 2.24) is 4.98 Å². The van der Waals surface area contributed by atoms with Crippen LogP contribution in [0.5, 0.6) is 0 Å². The van der Waals surface area contributed by atoms with E-state index in [4.69, 9.17) is 0 Å². The minimum Gasteiger partial charge on any atom is -0.355 e. The van der Waals surface area contributed by atoms with E-state index in [1.807, 2.05) is 36.2 Å². The van der Waals surface area contributed by atoms with E-state index in [9.17, 15) is 10.1 Å². The van der Waals surface area contributed by atoms with E-state index in [1.54, 1.807) is 6.07 Å². The van der Waals surface area contributed by atoms with Crippen molar-refractivity contribution in [3.8, 4) is 0 Å². The molecule has 1 aromatic carbocycles. The number of hydrogen-bond donors (Lipinski definition) is 0. The van der Waals surface area contributed by atoms with Gasteiger partial charge in [-0.1, -0.05) is 34.1 Å². The lowest BCUT2D eigenvalue weighted by Crippen LogP contribution is -2.17. The van der Waals surface area contributed by atoms with Crippen molar-refractivity contribution >= 4 is 27.4 Å². The molecule has 0 bridgehead atoms. The number of nitrogens with zero attached hydrogens (tertiary/aromatic N) is 3. The highest BCUT2D eigenvalue weighted by molar-refractivity contribution is 9.10. The minimum absolute atomic E-state index is 0.00181. The lowest BCUT2D eigenvalue weighted by atomic mass is 10.2. The maximum absolute atomic E-state index is 10.6. The number of pyridine rings is 1. The van der Waals surface area contributed by atoms with Gasteiger partial charge in [-0.3, -0.25) is 10.1 Å². The van der Waals surface area contributed by atoms with Gasteiger partial charge in [-0.2, -0.15) is 0 Å². The van der Waals surface area contributed by atoms with Gasteiger partial charge in [-0.25, -0.2) is 4.98 Å². The molecule has 0 radical (unpaired) electrons. The topological polar surface area (TPSA) is 59.3 Å². The summed E-state index contributed by atoms with van der Waals surface area (Å²) in [7, 11) is 1.90. The smallest absolute Gasteiger partial charge is 0.287 e. The van der Waals surface area contributed by atoms with Crippen molar-refractivity contribution in [3.05, 3.63) is 62.7 Å². The van der Waals surface area contributed by atoms with Gasteiger partial charge in [0.05, 0.1) is 4.92 Å². The fourth-order valence-corrected chi connectivity index (χ4v) is 2.09. The van der Waals surface area contributed by atoms with Crippen LogP contribution in [0.15, 0.2) is 47.1 Å². The zero-order valence-electron chi connectivity index (χ0n) is 10.3. The molecule has 0 aliphatic carbocycles. The van der Waals surface area contributed by atoms with Crippen LogP contribution in [0.1, 0.15) is 5.56 Å². The third-order valence-corrected chi connectivity index (χ3v) is 3.47. The molecule has 19 heavy (non-hydrogen) atoms. The Morgan fingerprint density at radius 3 is 2.63 bits per heavy atom. The van der Waals surface area contributed by atoms with Gasteiger partial charge in [0.2, 0.25) is 0 Å². The van der Waals surface area contributed by atoms with Crippen LogP contribution in [0.25, 0.3) is 0 Å². The largest absolute Gasteiger partial charge is 0.355 e. The summed E-state index contributed by atoms with van der Waals surface area (Å²) in [5.41, 5.74) is 1.13. The number of aromatic nitrogens is 1. The van der Waals surface area contributed by atoms with Gasteiger partial charge in [-0.05, 0) is 17.7 Å². The number of nitro groups is 1. The maximum atomic E-state index is 10.6. The predicted molar refractivity (Wildman–Crippen MR) is 77.1 cm³/mol. The molecule has 0 unspecified atom stereocenters. The van der Waals surface area contributed by atoms with Gasteiger partial charge in [0.15, 0.2) is 0 Å². The molecule has 0 N–H and O–H groups in total. The molecular formula is C13H12BrN3O2. The summed E-state index contributed by atoms with van der Waals surface area (Å²) in [5.74, 6) is 0.696. The number of benzene rings is 1. The zero-order valence-corrected chi connectivity index (χ0v) is 11.9. The average molecular weight is 322 g/mol. The van der Waals surface area contributed by atoms with Crippen molar-refractivity contribution in [3.63, 3.8) is 0 Å². The second-order valence-electron chi connectivity index (χ2n) is 4.08. The Morgan fingerprint density at radius 1 is 1.32 bits per heavy atom. The minimum atomic E-state index is -0.454. The Morgan fingerprint density at radius 2 is 2.05 bits per heavy atom. The summed E-state index contributed by atoms with van der Waals surface area (Å²) in [5, 5.41) is 10.6. The zero-order chi connectivity index (χ0) is 13.8. The van der Waals surface area contributed by atoms with Crippen LogP contribution >= 0.6 is 15.9 Å². The average Bonchev–Trinajstić information content (AvgIpc) is 2.41. The fraction of sp³-hybridized carbons (Fsp3) is 0.154. The molecule has 5 nitrogen and oxygen atoms in total. The van der Waals surface area contributed by atoms with Crippen LogP contribution in [-0.2, 0) is 6.54 Å². The quantitative estimate of drug-likeness (QED) is 0.639. The van der Waals surface area contributed by atoms with Crippen molar-refractivity contribution in [2.75, 3.05) is 11.9 Å². The number of anilines is 1. The molecule has 0 amide bonds. The van der Waals surface area contributed by atoms with Crippen molar-refractivity contribution in [2.45, 2.75) is 6.54 Å². The first kappa shape index (κ1) is 13.5. The van der Waals surface area contributed by atoms with Crippen LogP contribution in [0.3, 0.4) is 0 Å². The van der Waals surface area contributed by atoms with Gasteiger partial charge in [0, 0.05) is 24.1 Å². The first-order chi connectivity index (χ1) is 9.08. The van der Waals surface area contributed by atoms with E-state index in [2.05, 4.69) is 20.9 Å². The van der Waals surface area contributed by atoms with Crippen LogP contribution in [0.2, 0.25) is 0 Å². The van der Waals surface area contributed by atoms with E-state index in [0.29, 0.717) is 12.4 Å². The van der Waals surface area contributed by atoms with Crippen molar-refractivity contribution in [1.29, 1.82) is 0 Å². The highest BCUT2D eigenvalue weighted by atomic mass is 79.9. The van der Waals surface area contributed by atoms with Gasteiger partial charge < -0.3 is 4.90 Å².